The second-order valence-electron chi connectivity index (χ2n) is 4.37. The molecule has 0 saturated carbocycles. The largest absolute Gasteiger partial charge is 0.494 e. The predicted molar refractivity (Wildman–Crippen MR) is 87.6 cm³/mol. The molecule has 3 aromatic rings. The zero-order chi connectivity index (χ0) is 15.1. The van der Waals surface area contributed by atoms with Crippen LogP contribution in [-0.4, -0.2) is 16.7 Å². The van der Waals surface area contributed by atoms with Gasteiger partial charge in [0.2, 0.25) is 0 Å². The quantitative estimate of drug-likeness (QED) is 0.488. The Kier molecular flexibility index (Phi) is 3.70. The molecule has 0 aliphatic heterocycles. The first kappa shape index (κ1) is 14.5. The third-order valence-electron chi connectivity index (χ3n) is 3.12. The lowest BCUT2D eigenvalue weighted by Crippen LogP contribution is -1.97. The second-order valence-corrected chi connectivity index (χ2v) is 5.92. The molecule has 1 aromatic heterocycles. The second kappa shape index (κ2) is 5.38. The van der Waals surface area contributed by atoms with Crippen molar-refractivity contribution >= 4 is 45.8 Å². The number of imidazole rings is 1. The molecule has 3 rings (SSSR count). The van der Waals surface area contributed by atoms with Gasteiger partial charge in [-0.3, -0.25) is 4.57 Å². The molecule has 21 heavy (non-hydrogen) atoms. The predicted octanol–water partition coefficient (Wildman–Crippen LogP) is 4.58. The molecule has 2 aromatic carbocycles. The van der Waals surface area contributed by atoms with Gasteiger partial charge in [0.05, 0.1) is 27.4 Å². The monoisotopic (exact) mass is 418 g/mol. The van der Waals surface area contributed by atoms with Crippen molar-refractivity contribution in [1.82, 2.24) is 9.55 Å². The maximum atomic E-state index is 13.9. The molecule has 0 aliphatic carbocycles. The van der Waals surface area contributed by atoms with Crippen molar-refractivity contribution in [3.63, 3.8) is 0 Å². The van der Waals surface area contributed by atoms with E-state index < -0.39 is 5.82 Å². The average molecular weight is 418 g/mol. The number of methoxy groups -OCH3 is 1. The summed E-state index contributed by atoms with van der Waals surface area (Å²) < 4.78 is 35.0. The molecule has 0 atom stereocenters. The first-order valence-electron chi connectivity index (χ1n) is 5.95. The summed E-state index contributed by atoms with van der Waals surface area (Å²) in [5, 5.41) is 0. The van der Waals surface area contributed by atoms with Crippen molar-refractivity contribution in [3.8, 4) is 11.4 Å². The Labute approximate surface area is 137 Å². The van der Waals surface area contributed by atoms with E-state index in [0.29, 0.717) is 25.1 Å². The molecule has 0 aliphatic rings. The number of halogens is 3. The van der Waals surface area contributed by atoms with Crippen LogP contribution in [0.1, 0.15) is 0 Å². The molecule has 0 bridgehead atoms. The van der Waals surface area contributed by atoms with E-state index in [-0.39, 0.29) is 11.6 Å². The minimum atomic E-state index is -0.503. The SMILES string of the molecule is COc1ccc(-n2c(=S)[nH]c3cc(I)c(F)cc32)cc1F. The normalized spacial score (nSPS) is 11.0. The van der Waals surface area contributed by atoms with Crippen LogP contribution in [0.5, 0.6) is 5.75 Å². The lowest BCUT2D eigenvalue weighted by Gasteiger charge is -2.07. The van der Waals surface area contributed by atoms with Gasteiger partial charge in [0.1, 0.15) is 5.82 Å². The number of nitrogens with one attached hydrogen (secondary N) is 1. The molecule has 0 radical (unpaired) electrons. The number of aromatic amines is 1. The average Bonchev–Trinajstić information content (AvgIpc) is 2.74. The molecule has 0 spiro atoms. The van der Waals surface area contributed by atoms with Crippen LogP contribution in [-0.2, 0) is 0 Å². The van der Waals surface area contributed by atoms with E-state index in [9.17, 15) is 8.78 Å². The zero-order valence-electron chi connectivity index (χ0n) is 10.8. The number of ether oxygens (including phenoxy) is 1. The van der Waals surface area contributed by atoms with E-state index in [1.807, 2.05) is 22.6 Å². The fourth-order valence-electron chi connectivity index (χ4n) is 2.15. The Morgan fingerprint density at radius 3 is 2.62 bits per heavy atom. The van der Waals surface area contributed by atoms with Gasteiger partial charge < -0.3 is 9.72 Å². The zero-order valence-corrected chi connectivity index (χ0v) is 13.8. The van der Waals surface area contributed by atoms with Crippen LogP contribution in [0, 0.1) is 20.0 Å². The summed E-state index contributed by atoms with van der Waals surface area (Å²) in [6, 6.07) is 7.52. The molecular formula is C14H9F2IN2OS. The molecular weight excluding hydrogens is 409 g/mol. The number of hydrogen-bond donors (Lipinski definition) is 1. The van der Waals surface area contributed by atoms with E-state index in [2.05, 4.69) is 4.98 Å². The number of aromatic nitrogens is 2. The third kappa shape index (κ3) is 2.44. The summed E-state index contributed by atoms with van der Waals surface area (Å²) in [5.74, 6) is -0.706. The smallest absolute Gasteiger partial charge is 0.182 e. The van der Waals surface area contributed by atoms with E-state index >= 15 is 0 Å². The first-order chi connectivity index (χ1) is 10.0. The summed E-state index contributed by atoms with van der Waals surface area (Å²) >= 11 is 7.16. The fourth-order valence-corrected chi connectivity index (χ4v) is 2.93. The molecule has 1 heterocycles. The third-order valence-corrected chi connectivity index (χ3v) is 4.23. The van der Waals surface area contributed by atoms with Gasteiger partial charge in [-0.2, -0.15) is 0 Å². The Balaban J connectivity index is 2.29. The van der Waals surface area contributed by atoms with Crippen molar-refractivity contribution in [1.29, 1.82) is 0 Å². The summed E-state index contributed by atoms with van der Waals surface area (Å²) in [7, 11) is 1.40. The lowest BCUT2D eigenvalue weighted by atomic mass is 10.2. The van der Waals surface area contributed by atoms with Gasteiger partial charge in [-0.25, -0.2) is 8.78 Å². The van der Waals surface area contributed by atoms with Gasteiger partial charge >= 0.3 is 0 Å². The fraction of sp³-hybridized carbons (Fsp3) is 0.0714. The summed E-state index contributed by atoms with van der Waals surface area (Å²) in [6.45, 7) is 0. The highest BCUT2D eigenvalue weighted by Crippen LogP contribution is 2.26. The highest BCUT2D eigenvalue weighted by Gasteiger charge is 2.12. The summed E-state index contributed by atoms with van der Waals surface area (Å²) in [4.78, 5) is 2.99. The summed E-state index contributed by atoms with van der Waals surface area (Å²) in [6.07, 6.45) is 0. The molecule has 0 unspecified atom stereocenters. The van der Waals surface area contributed by atoms with Crippen LogP contribution in [0.2, 0.25) is 0 Å². The number of nitrogens with zero attached hydrogens (tertiary/aromatic N) is 1. The molecule has 0 saturated heterocycles. The Morgan fingerprint density at radius 1 is 1.19 bits per heavy atom. The molecule has 0 amide bonds. The summed E-state index contributed by atoms with van der Waals surface area (Å²) in [5.41, 5.74) is 1.76. The van der Waals surface area contributed by atoms with E-state index in [1.54, 1.807) is 16.7 Å². The van der Waals surface area contributed by atoms with Crippen LogP contribution in [0.15, 0.2) is 30.3 Å². The molecule has 3 nitrogen and oxygen atoms in total. The van der Waals surface area contributed by atoms with Crippen LogP contribution in [0.25, 0.3) is 16.7 Å². The maximum Gasteiger partial charge on any atom is 0.182 e. The number of fused-ring (bicyclic) bond motifs is 1. The number of rotatable bonds is 2. The highest BCUT2D eigenvalue weighted by atomic mass is 127. The minimum absolute atomic E-state index is 0.144. The van der Waals surface area contributed by atoms with Gasteiger partial charge in [0, 0.05) is 12.1 Å². The molecule has 108 valence electrons. The Hall–Kier alpha value is -1.48. The molecule has 0 fully saturated rings. The lowest BCUT2D eigenvalue weighted by molar-refractivity contribution is 0.386. The van der Waals surface area contributed by atoms with E-state index in [1.165, 1.54) is 25.3 Å². The van der Waals surface area contributed by atoms with Gasteiger partial charge in [0.25, 0.3) is 0 Å². The van der Waals surface area contributed by atoms with Crippen LogP contribution >= 0.6 is 34.8 Å². The van der Waals surface area contributed by atoms with Gasteiger partial charge in [-0.1, -0.05) is 0 Å². The van der Waals surface area contributed by atoms with E-state index in [0.717, 1.165) is 0 Å². The Morgan fingerprint density at radius 2 is 1.95 bits per heavy atom. The van der Waals surface area contributed by atoms with Gasteiger partial charge in [0.15, 0.2) is 16.3 Å². The van der Waals surface area contributed by atoms with E-state index in [4.69, 9.17) is 17.0 Å². The van der Waals surface area contributed by atoms with Crippen molar-refractivity contribution in [2.75, 3.05) is 7.11 Å². The van der Waals surface area contributed by atoms with Crippen molar-refractivity contribution in [2.45, 2.75) is 0 Å². The van der Waals surface area contributed by atoms with Crippen LogP contribution < -0.4 is 4.74 Å². The standard InChI is InChI=1S/C14H9F2IN2OS/c1-20-13-3-2-7(4-9(13)16)19-12-5-8(15)10(17)6-11(12)18-14(19)21/h2-6H,1H3,(H,18,21). The molecule has 1 N–H and O–H groups in total. The van der Waals surface area contributed by atoms with Crippen molar-refractivity contribution in [3.05, 3.63) is 50.3 Å². The molecule has 7 heteroatoms. The number of H-pyrrole nitrogens is 1. The Bertz CT molecular complexity index is 904. The van der Waals surface area contributed by atoms with Gasteiger partial charge in [-0.05, 0) is 53.0 Å². The highest BCUT2D eigenvalue weighted by molar-refractivity contribution is 14.1. The number of benzene rings is 2. The van der Waals surface area contributed by atoms with Crippen molar-refractivity contribution < 1.29 is 13.5 Å². The van der Waals surface area contributed by atoms with Crippen LogP contribution in [0.3, 0.4) is 0 Å². The topological polar surface area (TPSA) is 29.9 Å². The maximum absolute atomic E-state index is 13.9. The minimum Gasteiger partial charge on any atom is -0.494 e. The number of hydrogen-bond acceptors (Lipinski definition) is 2. The van der Waals surface area contributed by atoms with Gasteiger partial charge in [-0.15, -0.1) is 0 Å². The first-order valence-corrected chi connectivity index (χ1v) is 7.43. The van der Waals surface area contributed by atoms with Crippen molar-refractivity contribution in [2.24, 2.45) is 0 Å². The van der Waals surface area contributed by atoms with Crippen LogP contribution in [0.4, 0.5) is 8.78 Å².